The Kier molecular flexibility index (Phi) is 6.46. The Bertz CT molecular complexity index is 364. The van der Waals surface area contributed by atoms with Gasteiger partial charge in [0.25, 0.3) is 0 Å². The summed E-state index contributed by atoms with van der Waals surface area (Å²) in [7, 11) is 2.23. The second kappa shape index (κ2) is 8.11. The molecule has 4 heteroatoms. The number of nitrogens with zero attached hydrogens (tertiary/aromatic N) is 2. The fraction of sp³-hybridized carbons (Fsp3) is 0.812. The third kappa shape index (κ3) is 4.83. The van der Waals surface area contributed by atoms with Crippen LogP contribution in [0, 0.1) is 11.8 Å². The summed E-state index contributed by atoms with van der Waals surface area (Å²) in [6.45, 7) is 7.98. The van der Waals surface area contributed by atoms with Crippen LogP contribution in [0.1, 0.15) is 45.2 Å². The van der Waals surface area contributed by atoms with Crippen LogP contribution in [0.5, 0.6) is 0 Å². The highest BCUT2D eigenvalue weighted by Gasteiger charge is 2.28. The highest BCUT2D eigenvalue weighted by Crippen LogP contribution is 2.29. The molecule has 114 valence electrons. The SMILES string of the molecule is CCCNC1CCC(C)CC1CN(C)Cc1cscn1. The second-order valence-electron chi connectivity index (χ2n) is 6.42. The molecule has 1 N–H and O–H groups in total. The van der Waals surface area contributed by atoms with Gasteiger partial charge < -0.3 is 10.2 Å². The van der Waals surface area contributed by atoms with E-state index in [1.165, 1.54) is 37.9 Å². The maximum Gasteiger partial charge on any atom is 0.0795 e. The van der Waals surface area contributed by atoms with Crippen LogP contribution in [0.4, 0.5) is 0 Å². The first-order valence-corrected chi connectivity index (χ1v) is 8.92. The van der Waals surface area contributed by atoms with E-state index in [4.69, 9.17) is 0 Å². The molecule has 1 aromatic rings. The van der Waals surface area contributed by atoms with Gasteiger partial charge in [-0.05, 0) is 51.1 Å². The molecule has 0 spiro atoms. The molecule has 1 saturated carbocycles. The topological polar surface area (TPSA) is 28.2 Å². The molecule has 2 rings (SSSR count). The lowest BCUT2D eigenvalue weighted by atomic mass is 9.78. The van der Waals surface area contributed by atoms with Crippen LogP contribution in [-0.2, 0) is 6.54 Å². The third-order valence-corrected chi connectivity index (χ3v) is 5.00. The number of hydrogen-bond donors (Lipinski definition) is 1. The summed E-state index contributed by atoms with van der Waals surface area (Å²) in [5, 5.41) is 5.93. The van der Waals surface area contributed by atoms with E-state index in [2.05, 4.69) is 41.5 Å². The largest absolute Gasteiger partial charge is 0.314 e. The van der Waals surface area contributed by atoms with Crippen LogP contribution >= 0.6 is 11.3 Å². The number of aromatic nitrogens is 1. The molecule has 3 atom stereocenters. The highest BCUT2D eigenvalue weighted by molar-refractivity contribution is 7.07. The molecular formula is C16H29N3S. The van der Waals surface area contributed by atoms with E-state index in [1.807, 2.05) is 5.51 Å². The molecule has 1 heterocycles. The van der Waals surface area contributed by atoms with E-state index < -0.39 is 0 Å². The van der Waals surface area contributed by atoms with Crippen molar-refractivity contribution in [2.75, 3.05) is 20.1 Å². The van der Waals surface area contributed by atoms with Gasteiger partial charge >= 0.3 is 0 Å². The molecule has 3 unspecified atom stereocenters. The van der Waals surface area contributed by atoms with Crippen molar-refractivity contribution in [3.8, 4) is 0 Å². The van der Waals surface area contributed by atoms with Crippen molar-refractivity contribution in [2.24, 2.45) is 11.8 Å². The van der Waals surface area contributed by atoms with Gasteiger partial charge in [-0.3, -0.25) is 0 Å². The molecule has 1 aromatic heterocycles. The third-order valence-electron chi connectivity index (χ3n) is 4.36. The van der Waals surface area contributed by atoms with Crippen molar-refractivity contribution >= 4 is 11.3 Å². The lowest BCUT2D eigenvalue weighted by Gasteiger charge is -2.37. The standard InChI is InChI=1S/C16H29N3S/c1-4-7-17-16-6-5-13(2)8-14(16)9-19(3)10-15-11-20-12-18-15/h11-14,16-17H,4-10H2,1-3H3. The Morgan fingerprint density at radius 2 is 2.30 bits per heavy atom. The van der Waals surface area contributed by atoms with E-state index >= 15 is 0 Å². The van der Waals surface area contributed by atoms with E-state index in [0.717, 1.165) is 24.9 Å². The van der Waals surface area contributed by atoms with E-state index in [9.17, 15) is 0 Å². The van der Waals surface area contributed by atoms with Crippen molar-refractivity contribution in [2.45, 2.75) is 52.1 Å². The van der Waals surface area contributed by atoms with Crippen molar-refractivity contribution in [3.63, 3.8) is 0 Å². The van der Waals surface area contributed by atoms with Gasteiger partial charge in [-0.1, -0.05) is 13.8 Å². The van der Waals surface area contributed by atoms with Crippen molar-refractivity contribution in [3.05, 3.63) is 16.6 Å². The van der Waals surface area contributed by atoms with Crippen LogP contribution in [0.3, 0.4) is 0 Å². The predicted octanol–water partition coefficient (Wildman–Crippen LogP) is 3.38. The normalized spacial score (nSPS) is 27.1. The zero-order valence-corrected chi connectivity index (χ0v) is 14.0. The summed E-state index contributed by atoms with van der Waals surface area (Å²) in [5.41, 5.74) is 3.14. The molecule has 0 amide bonds. The van der Waals surface area contributed by atoms with Gasteiger partial charge in [0.1, 0.15) is 0 Å². The van der Waals surface area contributed by atoms with Crippen LogP contribution in [0.25, 0.3) is 0 Å². The van der Waals surface area contributed by atoms with Gasteiger partial charge in [0.2, 0.25) is 0 Å². The summed E-state index contributed by atoms with van der Waals surface area (Å²) in [6, 6.07) is 0.712. The Balaban J connectivity index is 1.85. The van der Waals surface area contributed by atoms with Gasteiger partial charge in [-0.2, -0.15) is 0 Å². The molecule has 3 nitrogen and oxygen atoms in total. The zero-order valence-electron chi connectivity index (χ0n) is 13.1. The number of hydrogen-bond acceptors (Lipinski definition) is 4. The van der Waals surface area contributed by atoms with Gasteiger partial charge in [-0.15, -0.1) is 11.3 Å². The van der Waals surface area contributed by atoms with Crippen LogP contribution in [-0.4, -0.2) is 36.1 Å². The van der Waals surface area contributed by atoms with E-state index in [1.54, 1.807) is 11.3 Å². The van der Waals surface area contributed by atoms with Crippen molar-refractivity contribution < 1.29 is 0 Å². The molecule has 0 aliphatic heterocycles. The maximum absolute atomic E-state index is 4.39. The zero-order chi connectivity index (χ0) is 14.4. The fourth-order valence-electron chi connectivity index (χ4n) is 3.36. The van der Waals surface area contributed by atoms with Gasteiger partial charge in [0, 0.05) is 24.5 Å². The monoisotopic (exact) mass is 295 g/mol. The van der Waals surface area contributed by atoms with Crippen molar-refractivity contribution in [1.29, 1.82) is 0 Å². The van der Waals surface area contributed by atoms with Crippen molar-refractivity contribution in [1.82, 2.24) is 15.2 Å². The molecule has 0 bridgehead atoms. The maximum atomic E-state index is 4.39. The number of nitrogens with one attached hydrogen (secondary N) is 1. The summed E-state index contributed by atoms with van der Waals surface area (Å²) in [4.78, 5) is 6.84. The van der Waals surface area contributed by atoms with Gasteiger partial charge in [0.05, 0.1) is 11.2 Å². The molecule has 0 radical (unpaired) electrons. The van der Waals surface area contributed by atoms with E-state index in [0.29, 0.717) is 6.04 Å². The molecule has 1 fully saturated rings. The quantitative estimate of drug-likeness (QED) is 0.836. The first-order chi connectivity index (χ1) is 9.69. The first kappa shape index (κ1) is 15.9. The summed E-state index contributed by atoms with van der Waals surface area (Å²) >= 11 is 1.69. The summed E-state index contributed by atoms with van der Waals surface area (Å²) in [5.74, 6) is 1.67. The van der Waals surface area contributed by atoms with Crippen LogP contribution in [0.2, 0.25) is 0 Å². The Hall–Kier alpha value is -0.450. The minimum absolute atomic E-state index is 0.712. The molecule has 0 saturated heterocycles. The highest BCUT2D eigenvalue weighted by atomic mass is 32.1. The smallest absolute Gasteiger partial charge is 0.0795 e. The minimum atomic E-state index is 0.712. The summed E-state index contributed by atoms with van der Waals surface area (Å²) in [6.07, 6.45) is 5.32. The molecular weight excluding hydrogens is 266 g/mol. The molecule has 20 heavy (non-hydrogen) atoms. The fourth-order valence-corrected chi connectivity index (χ4v) is 3.91. The summed E-state index contributed by atoms with van der Waals surface area (Å²) < 4.78 is 0. The Labute approximate surface area is 127 Å². The average molecular weight is 295 g/mol. The van der Waals surface area contributed by atoms with E-state index in [-0.39, 0.29) is 0 Å². The van der Waals surface area contributed by atoms with Gasteiger partial charge in [0.15, 0.2) is 0 Å². The Morgan fingerprint density at radius 1 is 1.45 bits per heavy atom. The average Bonchev–Trinajstić information content (AvgIpc) is 2.90. The number of thiazole rings is 1. The lowest BCUT2D eigenvalue weighted by molar-refractivity contribution is 0.156. The molecule has 0 aromatic carbocycles. The Morgan fingerprint density at radius 3 is 3.00 bits per heavy atom. The molecule has 1 aliphatic rings. The predicted molar refractivity (Wildman–Crippen MR) is 87.0 cm³/mol. The van der Waals surface area contributed by atoms with Crippen LogP contribution < -0.4 is 5.32 Å². The van der Waals surface area contributed by atoms with Crippen LogP contribution in [0.15, 0.2) is 10.9 Å². The minimum Gasteiger partial charge on any atom is -0.314 e. The lowest BCUT2D eigenvalue weighted by Crippen LogP contribution is -2.45. The molecule has 1 aliphatic carbocycles. The second-order valence-corrected chi connectivity index (χ2v) is 7.13. The van der Waals surface area contributed by atoms with Gasteiger partial charge in [-0.25, -0.2) is 4.98 Å². The number of rotatable bonds is 7. The first-order valence-electron chi connectivity index (χ1n) is 7.98.